The number of benzene rings is 1. The second-order valence-electron chi connectivity index (χ2n) is 4.40. The molecule has 3 nitrogen and oxygen atoms in total. The van der Waals surface area contributed by atoms with Crippen LogP contribution in [0.1, 0.15) is 24.2 Å². The zero-order valence-electron chi connectivity index (χ0n) is 8.71. The Morgan fingerprint density at radius 2 is 2.00 bits per heavy atom. The summed E-state index contributed by atoms with van der Waals surface area (Å²) in [6.07, 6.45) is -2.94. The van der Waals surface area contributed by atoms with Crippen LogP contribution in [0.4, 0.5) is 13.2 Å². The van der Waals surface area contributed by atoms with Gasteiger partial charge in [-0.3, -0.25) is 0 Å². The fraction of sp³-hybridized carbons (Fsp3) is 0.364. The average Bonchev–Trinajstić information content (AvgIpc) is 2.85. The van der Waals surface area contributed by atoms with Gasteiger partial charge in [0, 0.05) is 5.54 Å². The van der Waals surface area contributed by atoms with Gasteiger partial charge in [0.2, 0.25) is 5.76 Å². The van der Waals surface area contributed by atoms with Crippen LogP contribution in [0.2, 0.25) is 0 Å². The fourth-order valence-electron chi connectivity index (χ4n) is 1.88. The molecule has 0 atom stereocenters. The van der Waals surface area contributed by atoms with Crippen molar-refractivity contribution in [3.8, 4) is 0 Å². The molecule has 1 aromatic carbocycles. The van der Waals surface area contributed by atoms with Gasteiger partial charge in [0.25, 0.3) is 0 Å². The molecule has 0 spiro atoms. The lowest BCUT2D eigenvalue weighted by Gasteiger charge is -2.08. The Labute approximate surface area is 94.4 Å². The summed E-state index contributed by atoms with van der Waals surface area (Å²) in [5.41, 5.74) is 6.40. The summed E-state index contributed by atoms with van der Waals surface area (Å²) in [5, 5.41) is 3.37. The van der Waals surface area contributed by atoms with E-state index >= 15 is 0 Å². The monoisotopic (exact) mass is 242 g/mol. The van der Waals surface area contributed by atoms with Crippen molar-refractivity contribution >= 4 is 10.9 Å². The van der Waals surface area contributed by atoms with Gasteiger partial charge in [-0.25, -0.2) is 0 Å². The summed E-state index contributed by atoms with van der Waals surface area (Å²) in [5.74, 6) is -1.06. The number of nitrogens with two attached hydrogens (primary N) is 1. The van der Waals surface area contributed by atoms with Gasteiger partial charge < -0.3 is 10.3 Å². The Balaban J connectivity index is 2.20. The molecule has 90 valence electrons. The number of halogens is 3. The molecule has 0 saturated heterocycles. The van der Waals surface area contributed by atoms with E-state index in [1.54, 1.807) is 6.07 Å². The zero-order valence-corrected chi connectivity index (χ0v) is 8.71. The highest BCUT2D eigenvalue weighted by molar-refractivity contribution is 5.82. The van der Waals surface area contributed by atoms with Crippen molar-refractivity contribution in [2.45, 2.75) is 24.6 Å². The molecular formula is C11H9F3N2O. The van der Waals surface area contributed by atoms with Crippen LogP contribution in [-0.2, 0) is 11.7 Å². The molecule has 1 saturated carbocycles. The molecule has 1 fully saturated rings. The van der Waals surface area contributed by atoms with Crippen LogP contribution in [-0.4, -0.2) is 5.16 Å². The lowest BCUT2D eigenvalue weighted by atomic mass is 10.0. The number of fused-ring (bicyclic) bond motifs is 1. The Kier molecular flexibility index (Phi) is 1.87. The Bertz CT molecular complexity index is 584. The van der Waals surface area contributed by atoms with Crippen molar-refractivity contribution in [3.05, 3.63) is 29.5 Å². The Morgan fingerprint density at radius 1 is 1.29 bits per heavy atom. The summed E-state index contributed by atoms with van der Waals surface area (Å²) in [7, 11) is 0. The second kappa shape index (κ2) is 3.01. The maximum Gasteiger partial charge on any atom is 0.453 e. The minimum Gasteiger partial charge on any atom is -0.350 e. The molecule has 0 radical (unpaired) electrons. The van der Waals surface area contributed by atoms with Gasteiger partial charge in [-0.15, -0.1) is 0 Å². The van der Waals surface area contributed by atoms with Crippen LogP contribution >= 0.6 is 0 Å². The van der Waals surface area contributed by atoms with E-state index in [-0.39, 0.29) is 10.9 Å². The highest BCUT2D eigenvalue weighted by atomic mass is 19.4. The summed E-state index contributed by atoms with van der Waals surface area (Å²) in [6.45, 7) is 0. The lowest BCUT2D eigenvalue weighted by Crippen LogP contribution is -2.18. The second-order valence-corrected chi connectivity index (χ2v) is 4.40. The van der Waals surface area contributed by atoms with Crippen molar-refractivity contribution < 1.29 is 17.7 Å². The Hall–Kier alpha value is -1.56. The third-order valence-electron chi connectivity index (χ3n) is 3.10. The van der Waals surface area contributed by atoms with E-state index in [9.17, 15) is 13.2 Å². The van der Waals surface area contributed by atoms with E-state index < -0.39 is 17.5 Å². The molecule has 2 N–H and O–H groups in total. The van der Waals surface area contributed by atoms with Gasteiger partial charge >= 0.3 is 6.18 Å². The fourth-order valence-corrected chi connectivity index (χ4v) is 1.88. The van der Waals surface area contributed by atoms with E-state index in [1.165, 1.54) is 12.1 Å². The maximum atomic E-state index is 12.6. The van der Waals surface area contributed by atoms with E-state index in [4.69, 9.17) is 5.73 Å². The highest BCUT2D eigenvalue weighted by Gasteiger charge is 2.42. The zero-order chi connectivity index (χ0) is 12.3. The first-order valence-electron chi connectivity index (χ1n) is 5.16. The third kappa shape index (κ3) is 1.59. The first-order chi connectivity index (χ1) is 7.90. The van der Waals surface area contributed by atoms with Gasteiger partial charge in [0.05, 0.1) is 5.39 Å². The van der Waals surface area contributed by atoms with Gasteiger partial charge in [-0.2, -0.15) is 13.2 Å². The van der Waals surface area contributed by atoms with Gasteiger partial charge in [-0.05, 0) is 30.5 Å². The van der Waals surface area contributed by atoms with Crippen LogP contribution in [0.3, 0.4) is 0 Å². The first kappa shape index (κ1) is 10.6. The van der Waals surface area contributed by atoms with Gasteiger partial charge in [0.15, 0.2) is 0 Å². The Morgan fingerprint density at radius 3 is 2.59 bits per heavy atom. The molecule has 6 heteroatoms. The van der Waals surface area contributed by atoms with Crippen molar-refractivity contribution in [2.75, 3.05) is 0 Å². The van der Waals surface area contributed by atoms with Crippen molar-refractivity contribution in [1.82, 2.24) is 5.16 Å². The summed E-state index contributed by atoms with van der Waals surface area (Å²) < 4.78 is 42.2. The van der Waals surface area contributed by atoms with Crippen molar-refractivity contribution in [2.24, 2.45) is 5.73 Å². The molecule has 1 heterocycles. The van der Waals surface area contributed by atoms with Gasteiger partial charge in [-0.1, -0.05) is 11.2 Å². The molecular weight excluding hydrogens is 233 g/mol. The lowest BCUT2D eigenvalue weighted by molar-refractivity contribution is -0.154. The van der Waals surface area contributed by atoms with Gasteiger partial charge in [0.1, 0.15) is 5.52 Å². The molecule has 0 unspecified atom stereocenters. The van der Waals surface area contributed by atoms with Crippen LogP contribution in [0.5, 0.6) is 0 Å². The first-order valence-corrected chi connectivity index (χ1v) is 5.16. The number of rotatable bonds is 1. The summed E-state index contributed by atoms with van der Waals surface area (Å²) >= 11 is 0. The van der Waals surface area contributed by atoms with E-state index in [0.29, 0.717) is 5.56 Å². The topological polar surface area (TPSA) is 52.0 Å². The molecule has 1 aromatic heterocycles. The normalized spacial score (nSPS) is 18.6. The summed E-state index contributed by atoms with van der Waals surface area (Å²) in [4.78, 5) is 0. The van der Waals surface area contributed by atoms with Crippen LogP contribution in [0, 0.1) is 0 Å². The number of alkyl halides is 3. The highest BCUT2D eigenvalue weighted by Crippen LogP contribution is 2.44. The quantitative estimate of drug-likeness (QED) is 0.836. The number of nitrogens with zero attached hydrogens (tertiary/aromatic N) is 1. The summed E-state index contributed by atoms with van der Waals surface area (Å²) in [6, 6.07) is 4.65. The minimum atomic E-state index is -4.53. The number of hydrogen-bond donors (Lipinski definition) is 1. The van der Waals surface area contributed by atoms with Crippen LogP contribution < -0.4 is 5.73 Å². The number of aromatic nitrogens is 1. The SMILES string of the molecule is NC1(c2ccc3noc(C(F)(F)F)c3c2)CC1. The van der Waals surface area contributed by atoms with E-state index in [0.717, 1.165) is 12.8 Å². The van der Waals surface area contributed by atoms with Crippen molar-refractivity contribution in [3.63, 3.8) is 0 Å². The number of hydrogen-bond acceptors (Lipinski definition) is 3. The van der Waals surface area contributed by atoms with Crippen LogP contribution in [0.15, 0.2) is 22.7 Å². The minimum absolute atomic E-state index is 0.0216. The molecule has 0 bridgehead atoms. The smallest absolute Gasteiger partial charge is 0.350 e. The molecule has 2 aromatic rings. The molecule has 1 aliphatic rings. The molecule has 3 rings (SSSR count). The molecule has 0 aliphatic heterocycles. The largest absolute Gasteiger partial charge is 0.453 e. The third-order valence-corrected chi connectivity index (χ3v) is 3.10. The predicted octanol–water partition coefficient (Wildman–Crippen LogP) is 2.79. The standard InChI is InChI=1S/C11H9F3N2O/c12-11(13,14)9-7-5-6(10(15)3-4-10)1-2-8(7)16-17-9/h1-2,5H,3-4,15H2. The average molecular weight is 242 g/mol. The van der Waals surface area contributed by atoms with E-state index in [2.05, 4.69) is 9.68 Å². The molecule has 0 amide bonds. The van der Waals surface area contributed by atoms with Crippen molar-refractivity contribution in [1.29, 1.82) is 0 Å². The molecule has 17 heavy (non-hydrogen) atoms. The predicted molar refractivity (Wildman–Crippen MR) is 54.1 cm³/mol. The molecule has 1 aliphatic carbocycles. The maximum absolute atomic E-state index is 12.6. The van der Waals surface area contributed by atoms with E-state index in [1.807, 2.05) is 0 Å². The van der Waals surface area contributed by atoms with Crippen LogP contribution in [0.25, 0.3) is 10.9 Å².